The van der Waals surface area contributed by atoms with Gasteiger partial charge >= 0.3 is 0 Å². The Morgan fingerprint density at radius 2 is 1.96 bits per heavy atom. The van der Waals surface area contributed by atoms with Crippen molar-refractivity contribution in [2.75, 3.05) is 17.9 Å². The number of amides is 1. The Morgan fingerprint density at radius 3 is 2.84 bits per heavy atom. The average molecular weight is 378 g/mol. The molecule has 1 amide bonds. The zero-order valence-corrected chi connectivity index (χ0v) is 14.6. The minimum absolute atomic E-state index is 0.106. The van der Waals surface area contributed by atoms with Gasteiger partial charge in [0, 0.05) is 11.4 Å². The number of hydrogen-bond acceptors (Lipinski definition) is 6. The zero-order valence-electron chi connectivity index (χ0n) is 12.9. The first-order valence-corrected chi connectivity index (χ1v) is 9.93. The van der Waals surface area contributed by atoms with Crippen molar-refractivity contribution in [2.24, 2.45) is 0 Å². The van der Waals surface area contributed by atoms with Crippen molar-refractivity contribution in [3.63, 3.8) is 0 Å². The number of carbonyl (C=O) groups is 1. The summed E-state index contributed by atoms with van der Waals surface area (Å²) in [5, 5.41) is 2.69. The van der Waals surface area contributed by atoms with E-state index in [0.29, 0.717) is 22.9 Å². The Hall–Kier alpha value is -2.23. The van der Waals surface area contributed by atoms with Crippen molar-refractivity contribution in [1.29, 1.82) is 0 Å². The van der Waals surface area contributed by atoms with Crippen LogP contribution in [-0.4, -0.2) is 26.9 Å². The van der Waals surface area contributed by atoms with Gasteiger partial charge in [-0.25, -0.2) is 13.1 Å². The van der Waals surface area contributed by atoms with Crippen molar-refractivity contribution < 1.29 is 22.7 Å². The maximum Gasteiger partial charge on any atom is 0.240 e. The topological polar surface area (TPSA) is 93.7 Å². The van der Waals surface area contributed by atoms with Crippen LogP contribution in [0.5, 0.6) is 11.5 Å². The number of sulfonamides is 1. The summed E-state index contributed by atoms with van der Waals surface area (Å²) in [6.45, 7) is 0.292. The highest BCUT2D eigenvalue weighted by Gasteiger charge is 2.21. The van der Waals surface area contributed by atoms with Crippen LogP contribution in [0.2, 0.25) is 0 Å². The smallest absolute Gasteiger partial charge is 0.240 e. The maximum atomic E-state index is 12.5. The number of nitrogens with one attached hydrogen (secondary N) is 2. The highest BCUT2D eigenvalue weighted by atomic mass is 32.2. The molecule has 9 heteroatoms. The number of thioether (sulfide) groups is 1. The lowest BCUT2D eigenvalue weighted by Crippen LogP contribution is -2.24. The second-order valence-corrected chi connectivity index (χ2v) is 8.29. The van der Waals surface area contributed by atoms with Crippen LogP contribution in [0.25, 0.3) is 0 Å². The van der Waals surface area contributed by atoms with E-state index in [2.05, 4.69) is 10.0 Å². The molecule has 4 rings (SSSR count). The summed E-state index contributed by atoms with van der Waals surface area (Å²) in [5.74, 6) is 1.45. The molecule has 0 aliphatic carbocycles. The van der Waals surface area contributed by atoms with Crippen LogP contribution in [0.3, 0.4) is 0 Å². The molecule has 0 radical (unpaired) electrons. The molecule has 130 valence electrons. The van der Waals surface area contributed by atoms with E-state index in [1.165, 1.54) is 23.9 Å². The third kappa shape index (κ3) is 3.30. The van der Waals surface area contributed by atoms with E-state index < -0.39 is 10.0 Å². The van der Waals surface area contributed by atoms with Crippen LogP contribution in [0.1, 0.15) is 5.56 Å². The first-order valence-electron chi connectivity index (χ1n) is 7.46. The van der Waals surface area contributed by atoms with Gasteiger partial charge in [0.2, 0.25) is 22.7 Å². The molecule has 0 saturated heterocycles. The van der Waals surface area contributed by atoms with Crippen molar-refractivity contribution in [2.45, 2.75) is 16.3 Å². The Balaban J connectivity index is 1.52. The van der Waals surface area contributed by atoms with Crippen LogP contribution >= 0.6 is 11.8 Å². The number of hydrogen-bond donors (Lipinski definition) is 2. The molecule has 2 N–H and O–H groups in total. The summed E-state index contributed by atoms with van der Waals surface area (Å²) >= 11 is 1.38. The second-order valence-electron chi connectivity index (χ2n) is 5.51. The van der Waals surface area contributed by atoms with Gasteiger partial charge in [-0.05, 0) is 35.9 Å². The number of benzene rings is 2. The van der Waals surface area contributed by atoms with E-state index in [1.54, 1.807) is 24.3 Å². The molecule has 2 aromatic carbocycles. The fourth-order valence-corrected chi connectivity index (χ4v) is 4.37. The predicted molar refractivity (Wildman–Crippen MR) is 92.4 cm³/mol. The third-order valence-electron chi connectivity index (χ3n) is 3.80. The molecule has 2 heterocycles. The van der Waals surface area contributed by atoms with Crippen molar-refractivity contribution in [3.05, 3.63) is 42.0 Å². The lowest BCUT2D eigenvalue weighted by molar-refractivity contribution is -0.113. The summed E-state index contributed by atoms with van der Waals surface area (Å²) in [6.07, 6.45) is 0. The first kappa shape index (κ1) is 16.2. The number of fused-ring (bicyclic) bond motifs is 2. The predicted octanol–water partition coefficient (Wildman–Crippen LogP) is 1.94. The van der Waals surface area contributed by atoms with E-state index in [-0.39, 0.29) is 24.1 Å². The van der Waals surface area contributed by atoms with E-state index in [9.17, 15) is 13.2 Å². The van der Waals surface area contributed by atoms with E-state index in [4.69, 9.17) is 9.47 Å². The summed E-state index contributed by atoms with van der Waals surface area (Å²) in [5.41, 5.74) is 1.28. The molecule has 2 aliphatic rings. The fraction of sp³-hybridized carbons (Fsp3) is 0.188. The van der Waals surface area contributed by atoms with Gasteiger partial charge in [-0.2, -0.15) is 0 Å². The van der Waals surface area contributed by atoms with E-state index in [1.807, 2.05) is 0 Å². The van der Waals surface area contributed by atoms with Gasteiger partial charge in [0.15, 0.2) is 11.5 Å². The summed E-state index contributed by atoms with van der Waals surface area (Å²) in [7, 11) is -3.71. The SMILES string of the molecule is O=C1CSc2ccc(S(=O)(=O)NCc3ccc4c(c3)OCO4)cc2N1. The number of rotatable bonds is 4. The van der Waals surface area contributed by atoms with Crippen LogP contribution in [0, 0.1) is 0 Å². The van der Waals surface area contributed by atoms with Gasteiger partial charge in [-0.3, -0.25) is 4.79 Å². The largest absolute Gasteiger partial charge is 0.454 e. The number of carbonyl (C=O) groups excluding carboxylic acids is 1. The lowest BCUT2D eigenvalue weighted by Gasteiger charge is -2.17. The summed E-state index contributed by atoms with van der Waals surface area (Å²) in [4.78, 5) is 12.4. The Morgan fingerprint density at radius 1 is 1.12 bits per heavy atom. The Kier molecular flexibility index (Phi) is 4.06. The molecule has 0 bridgehead atoms. The minimum Gasteiger partial charge on any atom is -0.454 e. The van der Waals surface area contributed by atoms with E-state index in [0.717, 1.165) is 10.5 Å². The lowest BCUT2D eigenvalue weighted by atomic mass is 10.2. The van der Waals surface area contributed by atoms with Crippen molar-refractivity contribution in [3.8, 4) is 11.5 Å². The minimum atomic E-state index is -3.71. The monoisotopic (exact) mass is 378 g/mol. The summed E-state index contributed by atoms with van der Waals surface area (Å²) in [6, 6.07) is 9.98. The van der Waals surface area contributed by atoms with Gasteiger partial charge in [0.1, 0.15) is 0 Å². The Bertz CT molecular complexity index is 959. The molecule has 2 aliphatic heterocycles. The van der Waals surface area contributed by atoms with Crippen molar-refractivity contribution >= 4 is 33.4 Å². The quantitative estimate of drug-likeness (QED) is 0.845. The molecule has 0 saturated carbocycles. The molecule has 0 aromatic heterocycles. The van der Waals surface area contributed by atoms with Gasteiger partial charge in [0.25, 0.3) is 0 Å². The molecule has 2 aromatic rings. The maximum absolute atomic E-state index is 12.5. The standard InChI is InChI=1S/C16H14N2O5S2/c19-16-8-24-15-4-2-11(6-12(15)18-16)25(20,21)17-7-10-1-3-13-14(5-10)23-9-22-13/h1-6,17H,7-9H2,(H,18,19). The van der Waals surface area contributed by atoms with Gasteiger partial charge in [-0.1, -0.05) is 6.07 Å². The van der Waals surface area contributed by atoms with Gasteiger partial charge < -0.3 is 14.8 Å². The highest BCUT2D eigenvalue weighted by Crippen LogP contribution is 2.34. The molecule has 0 fully saturated rings. The van der Waals surface area contributed by atoms with Crippen molar-refractivity contribution in [1.82, 2.24) is 4.72 Å². The molecule has 25 heavy (non-hydrogen) atoms. The molecule has 0 atom stereocenters. The normalized spacial score (nSPS) is 15.6. The van der Waals surface area contributed by atoms with Crippen LogP contribution < -0.4 is 19.5 Å². The number of anilines is 1. The third-order valence-corrected chi connectivity index (χ3v) is 6.27. The number of ether oxygens (including phenoxy) is 2. The van der Waals surface area contributed by atoms with Gasteiger partial charge in [-0.15, -0.1) is 11.8 Å². The van der Waals surface area contributed by atoms with Crippen LogP contribution in [-0.2, 0) is 21.4 Å². The second kappa shape index (κ2) is 6.25. The van der Waals surface area contributed by atoms with E-state index >= 15 is 0 Å². The van der Waals surface area contributed by atoms with Crippen LogP contribution in [0.4, 0.5) is 5.69 Å². The summed E-state index contributed by atoms with van der Waals surface area (Å²) < 4.78 is 38.1. The molecule has 0 spiro atoms. The fourth-order valence-electron chi connectivity index (χ4n) is 2.54. The highest BCUT2D eigenvalue weighted by molar-refractivity contribution is 8.00. The molecule has 7 nitrogen and oxygen atoms in total. The average Bonchev–Trinajstić information content (AvgIpc) is 3.07. The zero-order chi connectivity index (χ0) is 17.4. The first-order chi connectivity index (χ1) is 12.0. The van der Waals surface area contributed by atoms with Gasteiger partial charge in [0.05, 0.1) is 16.3 Å². The molecular weight excluding hydrogens is 364 g/mol. The van der Waals surface area contributed by atoms with Crippen LogP contribution in [0.15, 0.2) is 46.2 Å². The molecule has 0 unspecified atom stereocenters. The molecular formula is C16H14N2O5S2. The Labute approximate surface area is 148 Å².